The molecular formula is C13H14O2. The van der Waals surface area contributed by atoms with Gasteiger partial charge in [0.05, 0.1) is 12.2 Å². The van der Waals surface area contributed by atoms with Crippen molar-refractivity contribution in [2.75, 3.05) is 6.61 Å². The van der Waals surface area contributed by atoms with Gasteiger partial charge < -0.3 is 4.74 Å². The molecule has 2 heteroatoms. The molecule has 0 aliphatic heterocycles. The van der Waals surface area contributed by atoms with Gasteiger partial charge in [-0.25, -0.2) is 4.79 Å². The van der Waals surface area contributed by atoms with Crippen LogP contribution in [-0.2, 0) is 4.74 Å². The molecule has 0 spiro atoms. The molecule has 0 unspecified atom stereocenters. The maximum Gasteiger partial charge on any atom is 0.338 e. The van der Waals surface area contributed by atoms with Crippen LogP contribution in [0.4, 0.5) is 0 Å². The topological polar surface area (TPSA) is 26.3 Å². The first-order chi connectivity index (χ1) is 7.27. The van der Waals surface area contributed by atoms with Gasteiger partial charge in [0.25, 0.3) is 0 Å². The maximum absolute atomic E-state index is 11.3. The van der Waals surface area contributed by atoms with E-state index in [-0.39, 0.29) is 5.97 Å². The lowest BCUT2D eigenvalue weighted by atomic mass is 10.1. The molecule has 15 heavy (non-hydrogen) atoms. The summed E-state index contributed by atoms with van der Waals surface area (Å²) in [5.41, 5.74) is 1.49. The Hall–Kier alpha value is -1.75. The minimum absolute atomic E-state index is 0.285. The number of carbonyl (C=O) groups is 1. The molecule has 0 aliphatic carbocycles. The van der Waals surface area contributed by atoms with Gasteiger partial charge in [0.1, 0.15) is 0 Å². The van der Waals surface area contributed by atoms with Crippen LogP contribution in [0.2, 0.25) is 0 Å². The molecule has 0 bridgehead atoms. The van der Waals surface area contributed by atoms with E-state index in [2.05, 4.69) is 11.8 Å². The summed E-state index contributed by atoms with van der Waals surface area (Å²) in [4.78, 5) is 11.3. The molecule has 1 aromatic rings. The first-order valence-corrected chi connectivity index (χ1v) is 5.04. The van der Waals surface area contributed by atoms with Crippen LogP contribution < -0.4 is 0 Å². The SMILES string of the molecule is CCC#Cc1ccc(C(=O)OCC)cc1. The second kappa shape index (κ2) is 5.87. The van der Waals surface area contributed by atoms with Crippen LogP contribution in [0.25, 0.3) is 0 Å². The van der Waals surface area contributed by atoms with Crippen LogP contribution in [-0.4, -0.2) is 12.6 Å². The summed E-state index contributed by atoms with van der Waals surface area (Å²) >= 11 is 0. The number of benzene rings is 1. The van der Waals surface area contributed by atoms with E-state index < -0.39 is 0 Å². The zero-order valence-corrected chi connectivity index (χ0v) is 9.04. The fraction of sp³-hybridized carbons (Fsp3) is 0.308. The molecule has 0 N–H and O–H groups in total. The van der Waals surface area contributed by atoms with E-state index in [9.17, 15) is 4.79 Å². The minimum atomic E-state index is -0.285. The summed E-state index contributed by atoms with van der Waals surface area (Å²) in [5.74, 6) is 5.68. The summed E-state index contributed by atoms with van der Waals surface area (Å²) in [5, 5.41) is 0. The summed E-state index contributed by atoms with van der Waals surface area (Å²) in [7, 11) is 0. The quantitative estimate of drug-likeness (QED) is 0.544. The van der Waals surface area contributed by atoms with E-state index >= 15 is 0 Å². The van der Waals surface area contributed by atoms with Crippen molar-refractivity contribution in [3.63, 3.8) is 0 Å². The van der Waals surface area contributed by atoms with Crippen LogP contribution in [0.3, 0.4) is 0 Å². The summed E-state index contributed by atoms with van der Waals surface area (Å²) in [6, 6.07) is 7.12. The number of hydrogen-bond donors (Lipinski definition) is 0. The Bertz CT molecular complexity index is 379. The van der Waals surface area contributed by atoms with Crippen LogP contribution in [0.15, 0.2) is 24.3 Å². The molecule has 0 atom stereocenters. The predicted octanol–water partition coefficient (Wildman–Crippen LogP) is 2.62. The molecule has 0 saturated heterocycles. The van der Waals surface area contributed by atoms with Crippen molar-refractivity contribution < 1.29 is 9.53 Å². The molecule has 0 fully saturated rings. The number of hydrogen-bond acceptors (Lipinski definition) is 2. The van der Waals surface area contributed by atoms with Crippen molar-refractivity contribution in [3.8, 4) is 11.8 Å². The van der Waals surface area contributed by atoms with Gasteiger partial charge in [-0.1, -0.05) is 18.8 Å². The van der Waals surface area contributed by atoms with Crippen molar-refractivity contribution in [2.24, 2.45) is 0 Å². The van der Waals surface area contributed by atoms with Gasteiger partial charge in [-0.05, 0) is 31.2 Å². The molecule has 0 heterocycles. The van der Waals surface area contributed by atoms with Crippen molar-refractivity contribution in [1.82, 2.24) is 0 Å². The normalized spacial score (nSPS) is 8.93. The third-order valence-corrected chi connectivity index (χ3v) is 1.81. The van der Waals surface area contributed by atoms with Gasteiger partial charge in [0.15, 0.2) is 0 Å². The smallest absolute Gasteiger partial charge is 0.338 e. The van der Waals surface area contributed by atoms with Crippen LogP contribution >= 0.6 is 0 Å². The van der Waals surface area contributed by atoms with Crippen LogP contribution in [0.5, 0.6) is 0 Å². The predicted molar refractivity (Wildman–Crippen MR) is 59.6 cm³/mol. The fourth-order valence-electron chi connectivity index (χ4n) is 1.09. The van der Waals surface area contributed by atoms with Crippen LogP contribution in [0.1, 0.15) is 36.2 Å². The average Bonchev–Trinajstić information content (AvgIpc) is 2.27. The summed E-state index contributed by atoms with van der Waals surface area (Å²) in [6.07, 6.45) is 0.833. The second-order valence-corrected chi connectivity index (χ2v) is 2.95. The van der Waals surface area contributed by atoms with Gasteiger partial charge in [-0.3, -0.25) is 0 Å². The molecule has 2 nitrogen and oxygen atoms in total. The zero-order chi connectivity index (χ0) is 11.1. The lowest BCUT2D eigenvalue weighted by Crippen LogP contribution is -2.04. The van der Waals surface area contributed by atoms with E-state index in [0.717, 1.165) is 12.0 Å². The zero-order valence-electron chi connectivity index (χ0n) is 9.04. The minimum Gasteiger partial charge on any atom is -0.462 e. The average molecular weight is 202 g/mol. The van der Waals surface area contributed by atoms with Gasteiger partial charge in [-0.2, -0.15) is 0 Å². The lowest BCUT2D eigenvalue weighted by molar-refractivity contribution is 0.0526. The third kappa shape index (κ3) is 3.47. The monoisotopic (exact) mass is 202 g/mol. The summed E-state index contributed by atoms with van der Waals surface area (Å²) in [6.45, 7) is 4.19. The molecule has 0 radical (unpaired) electrons. The van der Waals surface area contributed by atoms with Gasteiger partial charge >= 0.3 is 5.97 Å². The van der Waals surface area contributed by atoms with E-state index in [4.69, 9.17) is 4.74 Å². The molecule has 0 aliphatic rings. The van der Waals surface area contributed by atoms with E-state index in [0.29, 0.717) is 12.2 Å². The molecule has 78 valence electrons. The van der Waals surface area contributed by atoms with Crippen molar-refractivity contribution >= 4 is 5.97 Å². The highest BCUT2D eigenvalue weighted by Gasteiger charge is 2.04. The number of rotatable bonds is 2. The lowest BCUT2D eigenvalue weighted by Gasteiger charge is -2.00. The van der Waals surface area contributed by atoms with Gasteiger partial charge in [0, 0.05) is 12.0 Å². The molecule has 0 saturated carbocycles. The van der Waals surface area contributed by atoms with Gasteiger partial charge in [0.2, 0.25) is 0 Å². The second-order valence-electron chi connectivity index (χ2n) is 2.95. The molecule has 1 rings (SSSR count). The Kier molecular flexibility index (Phi) is 4.43. The molecule has 0 amide bonds. The number of esters is 1. The molecular weight excluding hydrogens is 188 g/mol. The Morgan fingerprint density at radius 2 is 1.93 bits per heavy atom. The first kappa shape index (κ1) is 11.3. The fourth-order valence-corrected chi connectivity index (χ4v) is 1.09. The van der Waals surface area contributed by atoms with E-state index in [1.807, 2.05) is 19.1 Å². The molecule has 1 aromatic carbocycles. The van der Waals surface area contributed by atoms with Crippen molar-refractivity contribution in [1.29, 1.82) is 0 Å². The highest BCUT2D eigenvalue weighted by molar-refractivity contribution is 5.89. The summed E-state index contributed by atoms with van der Waals surface area (Å²) < 4.78 is 4.87. The Labute approximate surface area is 90.3 Å². The standard InChI is InChI=1S/C13H14O2/c1-3-5-6-11-7-9-12(10-8-11)13(14)15-4-2/h7-10H,3-4H2,1-2H3. The highest BCUT2D eigenvalue weighted by atomic mass is 16.5. The Morgan fingerprint density at radius 1 is 1.27 bits per heavy atom. The van der Waals surface area contributed by atoms with Gasteiger partial charge in [-0.15, -0.1) is 0 Å². The largest absolute Gasteiger partial charge is 0.462 e. The Balaban J connectivity index is 2.76. The highest BCUT2D eigenvalue weighted by Crippen LogP contribution is 2.05. The number of carbonyl (C=O) groups excluding carboxylic acids is 1. The maximum atomic E-state index is 11.3. The molecule has 0 aromatic heterocycles. The Morgan fingerprint density at radius 3 is 2.47 bits per heavy atom. The van der Waals surface area contributed by atoms with Crippen molar-refractivity contribution in [2.45, 2.75) is 20.3 Å². The van der Waals surface area contributed by atoms with E-state index in [1.165, 1.54) is 0 Å². The third-order valence-electron chi connectivity index (χ3n) is 1.81. The first-order valence-electron chi connectivity index (χ1n) is 5.04. The van der Waals surface area contributed by atoms with E-state index in [1.54, 1.807) is 19.1 Å². The number of ether oxygens (including phenoxy) is 1. The van der Waals surface area contributed by atoms with Crippen LogP contribution in [0, 0.1) is 11.8 Å². The van der Waals surface area contributed by atoms with Crippen molar-refractivity contribution in [3.05, 3.63) is 35.4 Å².